The van der Waals surface area contributed by atoms with Crippen LogP contribution in [0.5, 0.6) is 0 Å². The van der Waals surface area contributed by atoms with Gasteiger partial charge >= 0.3 is 0 Å². The van der Waals surface area contributed by atoms with Crippen LogP contribution in [0.2, 0.25) is 0 Å². The summed E-state index contributed by atoms with van der Waals surface area (Å²) < 4.78 is 0. The first-order valence-electron chi connectivity index (χ1n) is 6.73. The van der Waals surface area contributed by atoms with Gasteiger partial charge in [0, 0.05) is 12.6 Å². The predicted octanol–water partition coefficient (Wildman–Crippen LogP) is 3.02. The maximum absolute atomic E-state index is 2.77. The van der Waals surface area contributed by atoms with Crippen LogP contribution in [0.1, 0.15) is 36.4 Å². The molecule has 2 saturated heterocycles. The first-order valence-corrected chi connectivity index (χ1v) is 6.73. The van der Waals surface area contributed by atoms with Crippen molar-refractivity contribution in [3.05, 3.63) is 35.4 Å². The molecule has 2 aliphatic heterocycles. The summed E-state index contributed by atoms with van der Waals surface area (Å²) in [5.41, 5.74) is 3.28. The van der Waals surface area contributed by atoms with Crippen LogP contribution in [0.15, 0.2) is 24.3 Å². The smallest absolute Gasteiger partial charge is 0.0382 e. The van der Waals surface area contributed by atoms with E-state index in [9.17, 15) is 0 Å². The maximum atomic E-state index is 2.77. The zero-order chi connectivity index (χ0) is 10.5. The van der Waals surface area contributed by atoms with Crippen molar-refractivity contribution in [1.82, 2.24) is 4.90 Å². The van der Waals surface area contributed by atoms with Crippen molar-refractivity contribution in [3.8, 4) is 0 Å². The number of fused-ring (bicyclic) bond motifs is 6. The minimum absolute atomic E-state index is 0.771. The van der Waals surface area contributed by atoms with E-state index in [2.05, 4.69) is 29.2 Å². The second-order valence-corrected chi connectivity index (χ2v) is 5.85. The summed E-state index contributed by atoms with van der Waals surface area (Å²) in [5.74, 6) is 1.93. The largest absolute Gasteiger partial charge is 0.296 e. The van der Waals surface area contributed by atoms with Crippen molar-refractivity contribution in [2.45, 2.75) is 31.7 Å². The van der Waals surface area contributed by atoms with E-state index in [-0.39, 0.29) is 0 Å². The van der Waals surface area contributed by atoms with E-state index in [0.29, 0.717) is 0 Å². The molecule has 1 aromatic carbocycles. The Bertz CT molecular complexity index is 410. The third kappa shape index (κ3) is 1.21. The Hall–Kier alpha value is -0.820. The molecule has 16 heavy (non-hydrogen) atoms. The summed E-state index contributed by atoms with van der Waals surface area (Å²) in [6.07, 6.45) is 5.73. The standard InChI is InChI=1S/C15H19N/c1-2-6-14-12(5-1)9-13-8-11-4-3-7-16(10-11)15(13)14/h1-2,5-6,11,13,15H,3-4,7-10H2/t11-,13-,15+/m1/s1. The summed E-state index contributed by atoms with van der Waals surface area (Å²) in [6, 6.07) is 9.91. The highest BCUT2D eigenvalue weighted by molar-refractivity contribution is 5.36. The van der Waals surface area contributed by atoms with Crippen molar-refractivity contribution >= 4 is 0 Å². The summed E-state index contributed by atoms with van der Waals surface area (Å²) in [7, 11) is 0. The number of hydrogen-bond donors (Lipinski definition) is 0. The number of piperidine rings is 2. The van der Waals surface area contributed by atoms with Gasteiger partial charge in [-0.1, -0.05) is 24.3 Å². The Balaban J connectivity index is 1.76. The topological polar surface area (TPSA) is 3.24 Å². The van der Waals surface area contributed by atoms with E-state index in [1.165, 1.54) is 38.8 Å². The third-order valence-electron chi connectivity index (χ3n) is 4.88. The molecule has 4 atom stereocenters. The van der Waals surface area contributed by atoms with Gasteiger partial charge in [0.1, 0.15) is 0 Å². The van der Waals surface area contributed by atoms with Crippen LogP contribution in [0.25, 0.3) is 0 Å². The van der Waals surface area contributed by atoms with Crippen molar-refractivity contribution in [2.24, 2.45) is 11.8 Å². The summed E-state index contributed by atoms with van der Waals surface area (Å²) in [4.78, 5) is 2.77. The Labute approximate surface area is 97.5 Å². The molecular weight excluding hydrogens is 194 g/mol. The minimum Gasteiger partial charge on any atom is -0.296 e. The molecule has 1 nitrogen and oxygen atoms in total. The van der Waals surface area contributed by atoms with Gasteiger partial charge in [-0.2, -0.15) is 0 Å². The molecule has 0 aromatic heterocycles. The van der Waals surface area contributed by atoms with Crippen LogP contribution in [0.3, 0.4) is 0 Å². The van der Waals surface area contributed by atoms with Gasteiger partial charge in [-0.3, -0.25) is 4.90 Å². The molecule has 1 unspecified atom stereocenters. The van der Waals surface area contributed by atoms with E-state index >= 15 is 0 Å². The number of nitrogens with zero attached hydrogens (tertiary/aromatic N) is 1. The van der Waals surface area contributed by atoms with Crippen molar-refractivity contribution < 1.29 is 0 Å². The van der Waals surface area contributed by atoms with Crippen LogP contribution >= 0.6 is 0 Å². The van der Waals surface area contributed by atoms with E-state index in [1.54, 1.807) is 11.1 Å². The van der Waals surface area contributed by atoms with Gasteiger partial charge in [-0.25, -0.2) is 0 Å². The molecule has 1 heteroatoms. The lowest BCUT2D eigenvalue weighted by molar-refractivity contribution is 0.0304. The molecule has 3 aliphatic rings. The number of hydrogen-bond acceptors (Lipinski definition) is 1. The summed E-state index contributed by atoms with van der Waals surface area (Å²) in [5, 5.41) is 0. The molecule has 2 bridgehead atoms. The maximum Gasteiger partial charge on any atom is 0.0382 e. The molecule has 84 valence electrons. The molecule has 0 N–H and O–H groups in total. The molecule has 2 fully saturated rings. The van der Waals surface area contributed by atoms with Gasteiger partial charge < -0.3 is 0 Å². The SMILES string of the molecule is c1ccc2c(c1)C[C@H]1C[C@H]3CCCN(C3)[C@H]21. The zero-order valence-corrected chi connectivity index (χ0v) is 9.73. The van der Waals surface area contributed by atoms with Gasteiger partial charge in [0.25, 0.3) is 0 Å². The second-order valence-electron chi connectivity index (χ2n) is 5.85. The molecule has 0 spiro atoms. The van der Waals surface area contributed by atoms with Gasteiger partial charge in [0.2, 0.25) is 0 Å². The number of benzene rings is 1. The molecule has 1 aliphatic carbocycles. The summed E-state index contributed by atoms with van der Waals surface area (Å²) >= 11 is 0. The fourth-order valence-corrected chi connectivity index (χ4v) is 4.33. The molecule has 4 rings (SSSR count). The van der Waals surface area contributed by atoms with Crippen LogP contribution in [0, 0.1) is 11.8 Å². The average Bonchev–Trinajstić information content (AvgIpc) is 2.67. The first kappa shape index (κ1) is 9.23. The van der Waals surface area contributed by atoms with Crippen LogP contribution in [-0.4, -0.2) is 18.0 Å². The van der Waals surface area contributed by atoms with Crippen molar-refractivity contribution in [3.63, 3.8) is 0 Å². The Kier molecular flexibility index (Phi) is 1.92. The van der Waals surface area contributed by atoms with Crippen molar-refractivity contribution in [2.75, 3.05) is 13.1 Å². The van der Waals surface area contributed by atoms with E-state index in [1.807, 2.05) is 0 Å². The molecule has 0 amide bonds. The molecule has 1 aromatic rings. The molecule has 0 saturated carbocycles. The van der Waals surface area contributed by atoms with Crippen molar-refractivity contribution in [1.29, 1.82) is 0 Å². The molecule has 0 radical (unpaired) electrons. The van der Waals surface area contributed by atoms with Gasteiger partial charge in [0.15, 0.2) is 0 Å². The van der Waals surface area contributed by atoms with Crippen LogP contribution < -0.4 is 0 Å². The zero-order valence-electron chi connectivity index (χ0n) is 9.73. The Morgan fingerprint density at radius 1 is 1.19 bits per heavy atom. The quantitative estimate of drug-likeness (QED) is 0.640. The van der Waals surface area contributed by atoms with Crippen LogP contribution in [0.4, 0.5) is 0 Å². The molecular formula is C15H19N. The number of rotatable bonds is 0. The summed E-state index contributed by atoms with van der Waals surface area (Å²) in [6.45, 7) is 2.71. The van der Waals surface area contributed by atoms with Crippen LogP contribution in [-0.2, 0) is 6.42 Å². The highest BCUT2D eigenvalue weighted by atomic mass is 15.2. The fraction of sp³-hybridized carbons (Fsp3) is 0.600. The monoisotopic (exact) mass is 213 g/mol. The second kappa shape index (κ2) is 3.33. The Morgan fingerprint density at radius 3 is 3.12 bits per heavy atom. The van der Waals surface area contributed by atoms with Gasteiger partial charge in [-0.15, -0.1) is 0 Å². The average molecular weight is 213 g/mol. The highest BCUT2D eigenvalue weighted by Crippen LogP contribution is 2.48. The molecule has 2 heterocycles. The lowest BCUT2D eigenvalue weighted by Gasteiger charge is -2.45. The van der Waals surface area contributed by atoms with Gasteiger partial charge in [-0.05, 0) is 55.2 Å². The minimum atomic E-state index is 0.771. The lowest BCUT2D eigenvalue weighted by Crippen LogP contribution is -2.45. The third-order valence-corrected chi connectivity index (χ3v) is 4.88. The van der Waals surface area contributed by atoms with E-state index in [0.717, 1.165) is 17.9 Å². The fourth-order valence-electron chi connectivity index (χ4n) is 4.33. The predicted molar refractivity (Wildman–Crippen MR) is 65.3 cm³/mol. The normalized spacial score (nSPS) is 40.2. The van der Waals surface area contributed by atoms with E-state index < -0.39 is 0 Å². The van der Waals surface area contributed by atoms with E-state index in [4.69, 9.17) is 0 Å². The lowest BCUT2D eigenvalue weighted by atomic mass is 9.79. The highest BCUT2D eigenvalue weighted by Gasteiger charge is 2.42. The first-order chi connectivity index (χ1) is 7.92. The Morgan fingerprint density at radius 2 is 2.12 bits per heavy atom. The van der Waals surface area contributed by atoms with Gasteiger partial charge in [0.05, 0.1) is 0 Å².